The summed E-state index contributed by atoms with van der Waals surface area (Å²) in [6.07, 6.45) is 5.73. The minimum Gasteiger partial charge on any atom is -0.494 e. The zero-order chi connectivity index (χ0) is 30.1. The standard InChI is InChI=1S/C33H36BrN5O4/c34-28-13-6-5-12-27(28)30-33(21-25-11-4-7-14-29(25)38-39-35,32(41)36-22-23-9-2-1-3-10-23)37-31(43-30)24-15-17-26(18-16-24)42-20-8-19-40/h4-7,11-18,23,30,40H,1-3,8-10,19-22H2,(H,36,41)/t30-,33-/m1/s1. The third kappa shape index (κ3) is 7.21. The molecule has 1 heterocycles. The Bertz CT molecular complexity index is 1480. The Labute approximate surface area is 260 Å². The molecule has 3 aromatic carbocycles. The fourth-order valence-electron chi connectivity index (χ4n) is 5.82. The van der Waals surface area contributed by atoms with Crippen molar-refractivity contribution >= 4 is 33.4 Å². The van der Waals surface area contributed by atoms with E-state index in [1.165, 1.54) is 19.3 Å². The molecule has 0 saturated heterocycles. The number of benzene rings is 3. The van der Waals surface area contributed by atoms with Crippen molar-refractivity contribution in [2.24, 2.45) is 16.0 Å². The Morgan fingerprint density at radius 3 is 2.58 bits per heavy atom. The number of hydrogen-bond acceptors (Lipinski definition) is 6. The first-order valence-corrected chi connectivity index (χ1v) is 15.6. The Morgan fingerprint density at radius 1 is 1.09 bits per heavy atom. The summed E-state index contributed by atoms with van der Waals surface area (Å²) < 4.78 is 13.1. The molecule has 224 valence electrons. The molecular formula is C33H36BrN5O4. The highest BCUT2D eigenvalue weighted by Crippen LogP contribution is 2.45. The van der Waals surface area contributed by atoms with Crippen LogP contribution in [0.15, 0.2) is 87.4 Å². The van der Waals surface area contributed by atoms with Crippen LogP contribution in [0.25, 0.3) is 10.4 Å². The number of halogens is 1. The molecule has 1 saturated carbocycles. The van der Waals surface area contributed by atoms with E-state index in [0.717, 1.165) is 22.9 Å². The second-order valence-corrected chi connectivity index (χ2v) is 11.9. The van der Waals surface area contributed by atoms with E-state index in [0.29, 0.717) is 54.0 Å². The van der Waals surface area contributed by atoms with Gasteiger partial charge in [-0.05, 0) is 60.2 Å². The monoisotopic (exact) mass is 645 g/mol. The lowest BCUT2D eigenvalue weighted by molar-refractivity contribution is -0.129. The maximum atomic E-state index is 14.5. The molecule has 10 heteroatoms. The van der Waals surface area contributed by atoms with Crippen LogP contribution in [0.1, 0.15) is 61.3 Å². The van der Waals surface area contributed by atoms with Gasteiger partial charge in [-0.2, -0.15) is 0 Å². The van der Waals surface area contributed by atoms with Gasteiger partial charge in [0.1, 0.15) is 5.75 Å². The third-order valence-corrected chi connectivity index (χ3v) is 8.82. The molecule has 1 aliphatic carbocycles. The summed E-state index contributed by atoms with van der Waals surface area (Å²) in [6, 6.07) is 22.3. The van der Waals surface area contributed by atoms with Gasteiger partial charge < -0.3 is 19.9 Å². The van der Waals surface area contributed by atoms with Crippen molar-refractivity contribution in [3.8, 4) is 5.75 Å². The molecule has 3 aromatic rings. The van der Waals surface area contributed by atoms with E-state index < -0.39 is 11.6 Å². The maximum absolute atomic E-state index is 14.5. The molecule has 1 aliphatic heterocycles. The molecule has 9 nitrogen and oxygen atoms in total. The Hall–Kier alpha value is -3.85. The van der Waals surface area contributed by atoms with Crippen LogP contribution in [0, 0.1) is 5.92 Å². The first kappa shape index (κ1) is 30.6. The number of carbonyl (C=O) groups is 1. The topological polar surface area (TPSA) is 129 Å². The van der Waals surface area contributed by atoms with Gasteiger partial charge in [-0.1, -0.05) is 82.8 Å². The van der Waals surface area contributed by atoms with Crippen molar-refractivity contribution in [2.45, 2.75) is 56.6 Å². The minimum atomic E-state index is -1.38. The number of aliphatic hydroxyl groups is 1. The average Bonchev–Trinajstić information content (AvgIpc) is 3.42. The van der Waals surface area contributed by atoms with E-state index in [1.807, 2.05) is 60.7 Å². The van der Waals surface area contributed by atoms with Crippen LogP contribution in [-0.2, 0) is 16.0 Å². The fourth-order valence-corrected chi connectivity index (χ4v) is 6.32. The van der Waals surface area contributed by atoms with Gasteiger partial charge in [0.25, 0.3) is 5.91 Å². The highest BCUT2D eigenvalue weighted by molar-refractivity contribution is 9.10. The van der Waals surface area contributed by atoms with Crippen LogP contribution in [-0.4, -0.2) is 42.2 Å². The zero-order valence-electron chi connectivity index (χ0n) is 24.0. The smallest absolute Gasteiger partial charge is 0.252 e. The number of azide groups is 1. The molecule has 2 atom stereocenters. The number of nitrogens with zero attached hydrogens (tertiary/aromatic N) is 4. The molecule has 1 amide bonds. The number of aliphatic hydroxyl groups excluding tert-OH is 1. The molecule has 0 radical (unpaired) electrons. The van der Waals surface area contributed by atoms with E-state index in [1.54, 1.807) is 12.1 Å². The van der Waals surface area contributed by atoms with Gasteiger partial charge in [0.05, 0.1) is 6.61 Å². The molecule has 2 aliphatic rings. The van der Waals surface area contributed by atoms with Gasteiger partial charge in [0.2, 0.25) is 5.90 Å². The third-order valence-electron chi connectivity index (χ3n) is 8.10. The average molecular weight is 647 g/mol. The summed E-state index contributed by atoms with van der Waals surface area (Å²) >= 11 is 3.69. The molecule has 0 unspecified atom stereocenters. The van der Waals surface area contributed by atoms with Gasteiger partial charge in [-0.15, -0.1) is 0 Å². The van der Waals surface area contributed by atoms with Gasteiger partial charge in [-0.3, -0.25) is 4.79 Å². The first-order valence-electron chi connectivity index (χ1n) is 14.8. The normalized spacial score (nSPS) is 20.0. The summed E-state index contributed by atoms with van der Waals surface area (Å²) in [5.74, 6) is 1.21. The molecule has 0 bridgehead atoms. The lowest BCUT2D eigenvalue weighted by Gasteiger charge is -2.32. The highest BCUT2D eigenvalue weighted by Gasteiger charge is 2.54. The number of aliphatic imine (C=N–C) groups is 1. The Morgan fingerprint density at radius 2 is 1.84 bits per heavy atom. The Balaban J connectivity index is 1.57. The van der Waals surface area contributed by atoms with Crippen LogP contribution in [0.4, 0.5) is 5.69 Å². The second-order valence-electron chi connectivity index (χ2n) is 11.0. The summed E-state index contributed by atoms with van der Waals surface area (Å²) in [6.45, 7) is 1.05. The van der Waals surface area contributed by atoms with Crippen molar-refractivity contribution in [3.63, 3.8) is 0 Å². The van der Waals surface area contributed by atoms with Crippen molar-refractivity contribution in [1.82, 2.24) is 5.32 Å². The maximum Gasteiger partial charge on any atom is 0.252 e. The van der Waals surface area contributed by atoms with Crippen LogP contribution in [0.5, 0.6) is 5.75 Å². The lowest BCUT2D eigenvalue weighted by Crippen LogP contribution is -2.51. The SMILES string of the molecule is [N-]=[N+]=Nc1ccccc1C[C@@]1(C(=O)NCC2CCCCC2)N=C(c2ccc(OCCCO)cc2)O[C@@H]1c1ccccc1Br. The number of hydrogen-bond donors (Lipinski definition) is 2. The van der Waals surface area contributed by atoms with Crippen LogP contribution in [0.2, 0.25) is 0 Å². The highest BCUT2D eigenvalue weighted by atomic mass is 79.9. The van der Waals surface area contributed by atoms with Crippen molar-refractivity contribution in [2.75, 3.05) is 19.8 Å². The van der Waals surface area contributed by atoms with Crippen LogP contribution < -0.4 is 10.1 Å². The summed E-state index contributed by atoms with van der Waals surface area (Å²) in [4.78, 5) is 22.6. The van der Waals surface area contributed by atoms with E-state index in [2.05, 4.69) is 31.3 Å². The number of rotatable bonds is 12. The van der Waals surface area contributed by atoms with Crippen molar-refractivity contribution < 1.29 is 19.4 Å². The van der Waals surface area contributed by atoms with E-state index in [9.17, 15) is 10.3 Å². The minimum absolute atomic E-state index is 0.0624. The molecule has 2 N–H and O–H groups in total. The molecule has 0 spiro atoms. The molecule has 5 rings (SSSR count). The Kier molecular flexibility index (Phi) is 10.4. The number of carbonyl (C=O) groups excluding carboxylic acids is 1. The summed E-state index contributed by atoms with van der Waals surface area (Å²) in [7, 11) is 0. The van der Waals surface area contributed by atoms with Crippen molar-refractivity contribution in [1.29, 1.82) is 0 Å². The van der Waals surface area contributed by atoms with Crippen molar-refractivity contribution in [3.05, 3.63) is 104 Å². The van der Waals surface area contributed by atoms with Crippen LogP contribution in [0.3, 0.4) is 0 Å². The van der Waals surface area contributed by atoms with Gasteiger partial charge in [-0.25, -0.2) is 4.99 Å². The van der Waals surface area contributed by atoms with E-state index in [4.69, 9.17) is 19.6 Å². The predicted octanol–water partition coefficient (Wildman–Crippen LogP) is 7.35. The second kappa shape index (κ2) is 14.6. The molecule has 1 fully saturated rings. The molecule has 43 heavy (non-hydrogen) atoms. The van der Waals surface area contributed by atoms with Crippen LogP contribution >= 0.6 is 15.9 Å². The van der Waals surface area contributed by atoms with Gasteiger partial charge in [0.15, 0.2) is 11.6 Å². The van der Waals surface area contributed by atoms with Gasteiger partial charge in [0, 0.05) is 52.2 Å². The number of ether oxygens (including phenoxy) is 2. The molecular weight excluding hydrogens is 610 g/mol. The predicted molar refractivity (Wildman–Crippen MR) is 169 cm³/mol. The number of nitrogens with one attached hydrogen (secondary N) is 1. The fraction of sp³-hybridized carbons (Fsp3) is 0.394. The molecule has 0 aromatic heterocycles. The summed E-state index contributed by atoms with van der Waals surface area (Å²) in [5, 5.41) is 16.2. The van der Waals surface area contributed by atoms with E-state index >= 15 is 0 Å². The lowest BCUT2D eigenvalue weighted by atomic mass is 9.81. The van der Waals surface area contributed by atoms with Gasteiger partial charge >= 0.3 is 0 Å². The van der Waals surface area contributed by atoms with E-state index in [-0.39, 0.29) is 18.9 Å². The largest absolute Gasteiger partial charge is 0.494 e. The quantitative estimate of drug-likeness (QED) is 0.0923. The summed E-state index contributed by atoms with van der Waals surface area (Å²) in [5.41, 5.74) is 10.5. The number of amides is 1. The zero-order valence-corrected chi connectivity index (χ0v) is 25.6. The first-order chi connectivity index (χ1) is 21.0.